The second kappa shape index (κ2) is 7.35. The van der Waals surface area contributed by atoms with Crippen LogP contribution in [0.25, 0.3) is 0 Å². The maximum atomic E-state index is 13.0. The number of amides is 1. The minimum absolute atomic E-state index is 0.0138. The molecule has 0 unspecified atom stereocenters. The van der Waals surface area contributed by atoms with Gasteiger partial charge in [-0.25, -0.2) is 4.39 Å². The van der Waals surface area contributed by atoms with Crippen LogP contribution in [0.4, 0.5) is 4.39 Å². The van der Waals surface area contributed by atoms with Crippen LogP contribution in [0.2, 0.25) is 5.02 Å². The number of hydrogen-bond acceptors (Lipinski definition) is 3. The number of carbonyl (C=O) groups is 1. The van der Waals surface area contributed by atoms with Crippen molar-refractivity contribution < 1.29 is 13.9 Å². The average Bonchev–Trinajstić information content (AvgIpc) is 3.34. The number of nitrogens with zero attached hydrogens (tertiary/aromatic N) is 2. The maximum absolute atomic E-state index is 13.0. The zero-order chi connectivity index (χ0) is 19.0. The Morgan fingerprint density at radius 2 is 1.93 bits per heavy atom. The monoisotopic (exact) mass is 390 g/mol. The Bertz CT molecular complexity index is 920. The molecular formula is C20H20ClFN2O3. The summed E-state index contributed by atoms with van der Waals surface area (Å²) in [5, 5.41) is 0.431. The van der Waals surface area contributed by atoms with Gasteiger partial charge in [-0.2, -0.15) is 0 Å². The van der Waals surface area contributed by atoms with Crippen molar-refractivity contribution in [2.45, 2.75) is 38.3 Å². The first-order valence-electron chi connectivity index (χ1n) is 9.14. The molecule has 1 fully saturated rings. The number of aromatic nitrogens is 1. The predicted octanol–water partition coefficient (Wildman–Crippen LogP) is 3.33. The summed E-state index contributed by atoms with van der Waals surface area (Å²) in [5.74, 6) is -0.239. The molecule has 3 heterocycles. The minimum atomic E-state index is -0.516. The molecule has 1 amide bonds. The van der Waals surface area contributed by atoms with E-state index in [1.54, 1.807) is 12.1 Å². The summed E-state index contributed by atoms with van der Waals surface area (Å²) >= 11 is 6.36. The van der Waals surface area contributed by atoms with E-state index >= 15 is 0 Å². The van der Waals surface area contributed by atoms with Gasteiger partial charge in [-0.1, -0.05) is 23.7 Å². The molecule has 0 radical (unpaired) electrons. The number of ether oxygens (including phenoxy) is 1. The van der Waals surface area contributed by atoms with E-state index in [1.165, 1.54) is 22.8 Å². The van der Waals surface area contributed by atoms with Crippen LogP contribution in [-0.2, 0) is 17.8 Å². The fourth-order valence-electron chi connectivity index (χ4n) is 3.82. The van der Waals surface area contributed by atoms with Crippen LogP contribution in [0.5, 0.6) is 5.75 Å². The third-order valence-corrected chi connectivity index (χ3v) is 5.56. The fourth-order valence-corrected chi connectivity index (χ4v) is 4.10. The first-order valence-corrected chi connectivity index (χ1v) is 9.52. The molecule has 0 saturated carbocycles. The third-order valence-electron chi connectivity index (χ3n) is 5.23. The van der Waals surface area contributed by atoms with E-state index in [-0.39, 0.29) is 29.6 Å². The minimum Gasteiger partial charge on any atom is -0.483 e. The molecule has 1 aromatic carbocycles. The molecule has 7 heteroatoms. The van der Waals surface area contributed by atoms with Crippen LogP contribution in [0.3, 0.4) is 0 Å². The van der Waals surface area contributed by atoms with Crippen molar-refractivity contribution in [3.63, 3.8) is 0 Å². The molecule has 5 nitrogen and oxygen atoms in total. The lowest BCUT2D eigenvalue weighted by Gasteiger charge is -2.22. The van der Waals surface area contributed by atoms with E-state index in [9.17, 15) is 14.0 Å². The van der Waals surface area contributed by atoms with Crippen LogP contribution < -0.4 is 10.3 Å². The Morgan fingerprint density at radius 3 is 2.63 bits per heavy atom. The summed E-state index contributed by atoms with van der Waals surface area (Å²) in [7, 11) is 0. The van der Waals surface area contributed by atoms with Crippen molar-refractivity contribution in [3.8, 4) is 5.75 Å². The molecule has 1 atom stereocenters. The van der Waals surface area contributed by atoms with Crippen LogP contribution in [0.15, 0.2) is 35.1 Å². The molecule has 142 valence electrons. The number of fused-ring (bicyclic) bond motifs is 1. The summed E-state index contributed by atoms with van der Waals surface area (Å²) in [6.45, 7) is 1.61. The number of pyridine rings is 1. The molecule has 1 saturated heterocycles. The Morgan fingerprint density at radius 1 is 1.22 bits per heavy atom. The van der Waals surface area contributed by atoms with Gasteiger partial charge in [0, 0.05) is 24.8 Å². The number of benzene rings is 1. The number of hydrogen-bond donors (Lipinski definition) is 0. The summed E-state index contributed by atoms with van der Waals surface area (Å²) in [4.78, 5) is 27.6. The zero-order valence-corrected chi connectivity index (χ0v) is 15.5. The van der Waals surface area contributed by atoms with Gasteiger partial charge in [0.05, 0.1) is 5.02 Å². The van der Waals surface area contributed by atoms with Gasteiger partial charge in [-0.3, -0.25) is 14.2 Å². The van der Waals surface area contributed by atoms with E-state index in [2.05, 4.69) is 0 Å². The Labute approximate surface area is 161 Å². The zero-order valence-electron chi connectivity index (χ0n) is 14.8. The van der Waals surface area contributed by atoms with Crippen molar-refractivity contribution in [1.82, 2.24) is 9.47 Å². The van der Waals surface area contributed by atoms with Crippen LogP contribution >= 0.6 is 11.6 Å². The molecule has 1 aromatic heterocycles. The highest BCUT2D eigenvalue weighted by Gasteiger charge is 2.35. The first kappa shape index (κ1) is 18.0. The van der Waals surface area contributed by atoms with E-state index in [0.29, 0.717) is 23.6 Å². The standard InChI is InChI=1S/C20H20ClFN2O3/c21-15-11-18(27-12-13-3-5-14(22)6-4-13)20(26)24-16(15)7-8-17(24)19(25)23-9-1-2-10-23/h3-6,11,17H,1-2,7-10,12H2/t17-/m0/s1. The maximum Gasteiger partial charge on any atom is 0.293 e. The van der Waals surface area contributed by atoms with E-state index in [4.69, 9.17) is 16.3 Å². The molecule has 2 aromatic rings. The van der Waals surface area contributed by atoms with Gasteiger partial charge in [0.15, 0.2) is 5.75 Å². The van der Waals surface area contributed by atoms with Gasteiger partial charge < -0.3 is 9.64 Å². The molecule has 0 N–H and O–H groups in total. The number of likely N-dealkylation sites (tertiary alicyclic amines) is 1. The Kier molecular flexibility index (Phi) is 4.91. The fraction of sp³-hybridized carbons (Fsp3) is 0.400. The van der Waals surface area contributed by atoms with Crippen molar-refractivity contribution >= 4 is 17.5 Å². The molecule has 4 rings (SSSR count). The van der Waals surface area contributed by atoms with Gasteiger partial charge in [0.2, 0.25) is 5.91 Å². The van der Waals surface area contributed by atoms with Crippen LogP contribution in [0.1, 0.15) is 36.6 Å². The lowest BCUT2D eigenvalue weighted by molar-refractivity contribution is -0.133. The highest BCUT2D eigenvalue weighted by Crippen LogP contribution is 2.33. The summed E-state index contributed by atoms with van der Waals surface area (Å²) in [6, 6.07) is 6.88. The summed E-state index contributed by atoms with van der Waals surface area (Å²) in [6.07, 6.45) is 3.17. The van der Waals surface area contributed by atoms with Gasteiger partial charge in [0.25, 0.3) is 5.56 Å². The van der Waals surface area contributed by atoms with Gasteiger partial charge in [-0.15, -0.1) is 0 Å². The number of rotatable bonds is 4. The van der Waals surface area contributed by atoms with Crippen molar-refractivity contribution in [2.24, 2.45) is 0 Å². The first-order chi connectivity index (χ1) is 13.0. The number of halogens is 2. The predicted molar refractivity (Wildman–Crippen MR) is 99.6 cm³/mol. The Hall–Kier alpha value is -2.34. The van der Waals surface area contributed by atoms with Crippen LogP contribution in [0, 0.1) is 5.82 Å². The second-order valence-electron chi connectivity index (χ2n) is 6.98. The molecule has 2 aliphatic rings. The second-order valence-corrected chi connectivity index (χ2v) is 7.39. The van der Waals surface area contributed by atoms with Crippen LogP contribution in [-0.4, -0.2) is 28.5 Å². The molecular weight excluding hydrogens is 371 g/mol. The van der Waals surface area contributed by atoms with Gasteiger partial charge in [0.1, 0.15) is 18.5 Å². The van der Waals surface area contributed by atoms with Crippen molar-refractivity contribution in [3.05, 3.63) is 62.8 Å². The van der Waals surface area contributed by atoms with E-state index < -0.39 is 6.04 Å². The average molecular weight is 391 g/mol. The largest absolute Gasteiger partial charge is 0.483 e. The summed E-state index contributed by atoms with van der Waals surface area (Å²) < 4.78 is 20.2. The quantitative estimate of drug-likeness (QED) is 0.804. The molecule has 2 aliphatic heterocycles. The van der Waals surface area contributed by atoms with Crippen molar-refractivity contribution in [1.29, 1.82) is 0 Å². The molecule has 0 spiro atoms. The number of carbonyl (C=O) groups excluding carboxylic acids is 1. The summed E-state index contributed by atoms with van der Waals surface area (Å²) in [5.41, 5.74) is 1.09. The lowest BCUT2D eigenvalue weighted by atomic mass is 10.2. The highest BCUT2D eigenvalue weighted by atomic mass is 35.5. The third kappa shape index (κ3) is 3.46. The molecule has 27 heavy (non-hydrogen) atoms. The lowest BCUT2D eigenvalue weighted by Crippen LogP contribution is -2.37. The SMILES string of the molecule is O=C([C@@H]1CCc2c(Cl)cc(OCc3ccc(F)cc3)c(=O)n21)N1CCCC1. The molecule has 0 bridgehead atoms. The topological polar surface area (TPSA) is 51.5 Å². The normalized spacial score (nSPS) is 18.6. The van der Waals surface area contributed by atoms with E-state index in [0.717, 1.165) is 31.5 Å². The van der Waals surface area contributed by atoms with Gasteiger partial charge >= 0.3 is 0 Å². The Balaban J connectivity index is 1.60. The molecule has 0 aliphatic carbocycles. The van der Waals surface area contributed by atoms with E-state index in [1.807, 2.05) is 4.90 Å². The van der Waals surface area contributed by atoms with Crippen molar-refractivity contribution in [2.75, 3.05) is 13.1 Å². The smallest absolute Gasteiger partial charge is 0.293 e. The van der Waals surface area contributed by atoms with Gasteiger partial charge in [-0.05, 0) is 43.4 Å². The highest BCUT2D eigenvalue weighted by molar-refractivity contribution is 6.31.